The number of aromatic carboxylic acids is 1. The molecule has 1 fully saturated rings. The van der Waals surface area contributed by atoms with Crippen LogP contribution < -0.4 is 5.56 Å². The molecule has 4 aromatic rings. The van der Waals surface area contributed by atoms with E-state index >= 15 is 0 Å². The van der Waals surface area contributed by atoms with Gasteiger partial charge in [0.25, 0.3) is 5.56 Å². The van der Waals surface area contributed by atoms with Gasteiger partial charge in [0.15, 0.2) is 0 Å². The first-order valence-electron chi connectivity index (χ1n) is 8.90. The Morgan fingerprint density at radius 1 is 1.26 bits per heavy atom. The van der Waals surface area contributed by atoms with Gasteiger partial charge in [-0.1, -0.05) is 6.07 Å². The van der Waals surface area contributed by atoms with Crippen molar-refractivity contribution < 1.29 is 9.90 Å². The number of imidazole rings is 1. The highest BCUT2D eigenvalue weighted by molar-refractivity contribution is 5.90. The van der Waals surface area contributed by atoms with E-state index in [4.69, 9.17) is 0 Å². The number of aromatic nitrogens is 3. The number of hydrogen-bond acceptors (Lipinski definition) is 3. The smallest absolute Gasteiger partial charge is 0.341 e. The van der Waals surface area contributed by atoms with Gasteiger partial charge in [0.05, 0.1) is 22.9 Å². The summed E-state index contributed by atoms with van der Waals surface area (Å²) in [6.45, 7) is 1.99. The van der Waals surface area contributed by atoms with Crippen molar-refractivity contribution in [2.75, 3.05) is 0 Å². The lowest BCUT2D eigenvalue weighted by Crippen LogP contribution is -2.23. The summed E-state index contributed by atoms with van der Waals surface area (Å²) in [6.07, 6.45) is 5.41. The van der Waals surface area contributed by atoms with Crippen LogP contribution in [0.3, 0.4) is 0 Å². The number of benzene rings is 1. The van der Waals surface area contributed by atoms with Crippen molar-refractivity contribution in [2.24, 2.45) is 0 Å². The molecule has 0 spiro atoms. The number of rotatable bonds is 3. The van der Waals surface area contributed by atoms with Crippen LogP contribution in [0.1, 0.15) is 40.2 Å². The van der Waals surface area contributed by atoms with Crippen molar-refractivity contribution in [3.05, 3.63) is 69.9 Å². The van der Waals surface area contributed by atoms with Crippen molar-refractivity contribution in [2.45, 2.75) is 25.7 Å². The zero-order valence-corrected chi connectivity index (χ0v) is 14.7. The second kappa shape index (κ2) is 5.54. The summed E-state index contributed by atoms with van der Waals surface area (Å²) in [6, 6.07) is 9.48. The monoisotopic (exact) mass is 359 g/mol. The second-order valence-corrected chi connectivity index (χ2v) is 7.11. The van der Waals surface area contributed by atoms with Gasteiger partial charge in [0.1, 0.15) is 5.56 Å². The predicted octanol–water partition coefficient (Wildman–Crippen LogP) is 3.73. The van der Waals surface area contributed by atoms with E-state index in [0.717, 1.165) is 51.6 Å². The number of H-pyrrole nitrogens is 1. The number of fused-ring (bicyclic) bond motifs is 2. The molecule has 0 unspecified atom stereocenters. The molecule has 5 rings (SSSR count). The number of nitrogens with zero attached hydrogens (tertiary/aromatic N) is 2. The van der Waals surface area contributed by atoms with Crippen molar-refractivity contribution >= 4 is 22.5 Å². The van der Waals surface area contributed by atoms with Crippen molar-refractivity contribution in [3.63, 3.8) is 0 Å². The minimum atomic E-state index is -1.18. The van der Waals surface area contributed by atoms with Crippen LogP contribution in [0.25, 0.3) is 27.7 Å². The zero-order valence-electron chi connectivity index (χ0n) is 14.7. The second-order valence-electron chi connectivity index (χ2n) is 7.11. The van der Waals surface area contributed by atoms with E-state index in [1.165, 1.54) is 4.40 Å². The normalized spacial score (nSPS) is 14.1. The van der Waals surface area contributed by atoms with Gasteiger partial charge >= 0.3 is 5.97 Å². The van der Waals surface area contributed by atoms with Gasteiger partial charge < -0.3 is 10.1 Å². The van der Waals surface area contributed by atoms with Gasteiger partial charge in [0.2, 0.25) is 0 Å². The van der Waals surface area contributed by atoms with Crippen LogP contribution >= 0.6 is 0 Å². The molecule has 3 heterocycles. The Morgan fingerprint density at radius 2 is 2.07 bits per heavy atom. The molecule has 6 nitrogen and oxygen atoms in total. The highest BCUT2D eigenvalue weighted by atomic mass is 16.4. The van der Waals surface area contributed by atoms with Gasteiger partial charge in [-0.25, -0.2) is 9.78 Å². The van der Waals surface area contributed by atoms with Crippen LogP contribution in [0, 0.1) is 6.92 Å². The Bertz CT molecular complexity index is 1300. The van der Waals surface area contributed by atoms with Crippen LogP contribution in [0.2, 0.25) is 0 Å². The van der Waals surface area contributed by atoms with Crippen LogP contribution in [0.4, 0.5) is 0 Å². The molecule has 0 saturated heterocycles. The van der Waals surface area contributed by atoms with Gasteiger partial charge in [-0.2, -0.15) is 0 Å². The fourth-order valence-corrected chi connectivity index (χ4v) is 3.87. The molecule has 27 heavy (non-hydrogen) atoms. The fraction of sp³-hybridized carbons (Fsp3) is 0.190. The lowest BCUT2D eigenvalue weighted by Gasteiger charge is -2.15. The minimum Gasteiger partial charge on any atom is -0.477 e. The van der Waals surface area contributed by atoms with E-state index < -0.39 is 11.5 Å². The summed E-state index contributed by atoms with van der Waals surface area (Å²) in [5.74, 6) is -0.856. The Morgan fingerprint density at radius 3 is 2.81 bits per heavy atom. The Labute approximate surface area is 154 Å². The quantitative estimate of drug-likeness (QED) is 0.583. The summed E-state index contributed by atoms with van der Waals surface area (Å²) in [5, 5.41) is 9.41. The summed E-state index contributed by atoms with van der Waals surface area (Å²) < 4.78 is 1.49. The highest BCUT2D eigenvalue weighted by Gasteiger charge is 2.29. The van der Waals surface area contributed by atoms with E-state index in [0.29, 0.717) is 5.92 Å². The number of aryl methyl sites for hydroxylation is 1. The van der Waals surface area contributed by atoms with Gasteiger partial charge in [-0.15, -0.1) is 0 Å². The van der Waals surface area contributed by atoms with E-state index in [2.05, 4.69) is 9.97 Å². The molecular weight excluding hydrogens is 342 g/mol. The van der Waals surface area contributed by atoms with Crippen LogP contribution in [0.15, 0.2) is 47.7 Å². The zero-order chi connectivity index (χ0) is 18.7. The molecule has 0 aliphatic heterocycles. The number of carboxylic acids is 1. The molecule has 0 amide bonds. The number of aromatic amines is 1. The average molecular weight is 359 g/mol. The number of carbonyl (C=O) groups is 1. The summed E-state index contributed by atoms with van der Waals surface area (Å²) in [4.78, 5) is 31.6. The van der Waals surface area contributed by atoms with Gasteiger partial charge in [0, 0.05) is 6.20 Å². The third-order valence-electron chi connectivity index (χ3n) is 5.39. The summed E-state index contributed by atoms with van der Waals surface area (Å²) >= 11 is 0. The highest BCUT2D eigenvalue weighted by Crippen LogP contribution is 2.43. The van der Waals surface area contributed by atoms with Crippen LogP contribution in [-0.2, 0) is 0 Å². The average Bonchev–Trinajstić information content (AvgIpc) is 3.39. The maximum atomic E-state index is 12.7. The lowest BCUT2D eigenvalue weighted by atomic mass is 9.96. The third-order valence-corrected chi connectivity index (χ3v) is 5.39. The molecule has 0 bridgehead atoms. The molecule has 1 saturated carbocycles. The Hall–Kier alpha value is -3.41. The SMILES string of the molecule is Cc1c(-c2ccc3nc[nH]c3c2)ccn2c(=O)c(C(=O)O)cc(C3CC3)c12. The van der Waals surface area contributed by atoms with Crippen molar-refractivity contribution in [1.29, 1.82) is 0 Å². The number of carboxylic acid groups (broad SMARTS) is 1. The molecule has 0 radical (unpaired) electrons. The van der Waals surface area contributed by atoms with Crippen molar-refractivity contribution in [3.8, 4) is 11.1 Å². The molecular formula is C21H17N3O3. The summed E-state index contributed by atoms with van der Waals surface area (Å²) in [5.41, 5.74) is 6.02. The van der Waals surface area contributed by atoms with E-state index in [1.54, 1.807) is 18.6 Å². The molecule has 0 atom stereocenters. The number of hydrogen-bond donors (Lipinski definition) is 2. The van der Waals surface area contributed by atoms with E-state index in [9.17, 15) is 14.7 Å². The maximum Gasteiger partial charge on any atom is 0.341 e. The molecule has 1 aliphatic carbocycles. The standard InChI is InChI=1S/C21H17N3O3/c1-11-14(13-4-5-17-18(8-13)23-10-22-17)6-7-24-19(11)15(12-2-3-12)9-16(20(24)25)21(26)27/h4-10,12H,2-3H2,1H3,(H,22,23)(H,26,27). The molecule has 1 aromatic carbocycles. The van der Waals surface area contributed by atoms with Gasteiger partial charge in [-0.05, 0) is 72.2 Å². The Balaban J connectivity index is 1.82. The third kappa shape index (κ3) is 2.37. The Kier molecular flexibility index (Phi) is 3.25. The summed E-state index contributed by atoms with van der Waals surface area (Å²) in [7, 11) is 0. The molecule has 2 N–H and O–H groups in total. The lowest BCUT2D eigenvalue weighted by molar-refractivity contribution is 0.0694. The van der Waals surface area contributed by atoms with Crippen LogP contribution in [0.5, 0.6) is 0 Å². The number of nitrogens with one attached hydrogen (secondary N) is 1. The molecule has 3 aromatic heterocycles. The number of pyridine rings is 2. The maximum absolute atomic E-state index is 12.7. The van der Waals surface area contributed by atoms with Crippen molar-refractivity contribution in [1.82, 2.24) is 14.4 Å². The fourth-order valence-electron chi connectivity index (χ4n) is 3.87. The molecule has 134 valence electrons. The molecule has 6 heteroatoms. The molecule has 1 aliphatic rings. The largest absolute Gasteiger partial charge is 0.477 e. The first-order chi connectivity index (χ1) is 13.0. The van der Waals surface area contributed by atoms with E-state index in [1.807, 2.05) is 31.2 Å². The first kappa shape index (κ1) is 15.8. The topological polar surface area (TPSA) is 87.5 Å². The first-order valence-corrected chi connectivity index (χ1v) is 8.90. The van der Waals surface area contributed by atoms with Gasteiger partial charge in [-0.3, -0.25) is 9.20 Å². The van der Waals surface area contributed by atoms with Crippen LogP contribution in [-0.4, -0.2) is 25.4 Å². The predicted molar refractivity (Wildman–Crippen MR) is 102 cm³/mol. The van der Waals surface area contributed by atoms with E-state index in [-0.39, 0.29) is 5.56 Å². The minimum absolute atomic E-state index is 0.166.